The molecule has 1 N–H and O–H groups in total. The summed E-state index contributed by atoms with van der Waals surface area (Å²) in [5.41, 5.74) is 1.53. The average Bonchev–Trinajstić information content (AvgIpc) is 2.69. The highest BCUT2D eigenvalue weighted by Gasteiger charge is 2.51. The highest BCUT2D eigenvalue weighted by atomic mass is 16.5. The summed E-state index contributed by atoms with van der Waals surface area (Å²) in [5.74, 6) is 2.66. The maximum Gasteiger partial charge on any atom is 0.341 e. The fourth-order valence-electron chi connectivity index (χ4n) is 6.51. The molecule has 0 atom stereocenters. The van der Waals surface area contributed by atoms with Crippen LogP contribution >= 0.6 is 0 Å². The van der Waals surface area contributed by atoms with Crippen molar-refractivity contribution in [3.63, 3.8) is 0 Å². The van der Waals surface area contributed by atoms with E-state index in [4.69, 9.17) is 9.47 Å². The van der Waals surface area contributed by atoms with Gasteiger partial charge in [0.05, 0.1) is 14.2 Å². The van der Waals surface area contributed by atoms with E-state index in [1.165, 1.54) is 52.7 Å². The Morgan fingerprint density at radius 2 is 1.72 bits per heavy atom. The predicted molar refractivity (Wildman–Crippen MR) is 110 cm³/mol. The van der Waals surface area contributed by atoms with Crippen LogP contribution in [0.1, 0.15) is 54.4 Å². The van der Waals surface area contributed by atoms with Gasteiger partial charge in [-0.2, -0.15) is 0 Å². The number of hydrogen-bond donors (Lipinski definition) is 1. The van der Waals surface area contributed by atoms with E-state index in [0.717, 1.165) is 29.9 Å². The van der Waals surface area contributed by atoms with Crippen LogP contribution in [0.25, 0.3) is 0 Å². The zero-order chi connectivity index (χ0) is 20.6. The summed E-state index contributed by atoms with van der Waals surface area (Å²) in [7, 11) is 4.76. The van der Waals surface area contributed by atoms with Crippen LogP contribution in [-0.4, -0.2) is 44.7 Å². The molecule has 0 aliphatic heterocycles. The summed E-state index contributed by atoms with van der Waals surface area (Å²) >= 11 is 0. The molecule has 4 bridgehead atoms. The Balaban J connectivity index is 1.36. The zero-order valence-electron chi connectivity index (χ0n) is 17.7. The molecule has 0 radical (unpaired) electrons. The predicted octanol–water partition coefficient (Wildman–Crippen LogP) is 3.84. The lowest BCUT2D eigenvalue weighted by Gasteiger charge is -2.57. The van der Waals surface area contributed by atoms with Gasteiger partial charge >= 0.3 is 12.0 Å². The molecular formula is C23H32N2O4. The minimum Gasteiger partial charge on any atom is -0.496 e. The second-order valence-electron chi connectivity index (χ2n) is 9.46. The van der Waals surface area contributed by atoms with Crippen LogP contribution in [0.2, 0.25) is 0 Å². The number of nitrogens with one attached hydrogen (secondary N) is 1. The molecule has 4 aliphatic rings. The molecule has 5 rings (SSSR count). The fraction of sp³-hybridized carbons (Fsp3) is 0.652. The molecule has 6 nitrogen and oxygen atoms in total. The van der Waals surface area contributed by atoms with Gasteiger partial charge in [0.25, 0.3) is 0 Å². The first-order valence-corrected chi connectivity index (χ1v) is 10.7. The smallest absolute Gasteiger partial charge is 0.341 e. The minimum absolute atomic E-state index is 0.0591. The van der Waals surface area contributed by atoms with E-state index in [1.54, 1.807) is 12.1 Å². The highest BCUT2D eigenvalue weighted by molar-refractivity contribution is 5.92. The van der Waals surface area contributed by atoms with Gasteiger partial charge in [0.1, 0.15) is 11.3 Å². The molecule has 158 valence electrons. The average molecular weight is 401 g/mol. The topological polar surface area (TPSA) is 67.9 Å². The third-order valence-electron chi connectivity index (χ3n) is 7.20. The van der Waals surface area contributed by atoms with Crippen molar-refractivity contribution in [3.05, 3.63) is 29.3 Å². The summed E-state index contributed by atoms with van der Waals surface area (Å²) in [5, 5.41) is 3.00. The number of urea groups is 1. The molecule has 1 aromatic rings. The van der Waals surface area contributed by atoms with E-state index in [1.807, 2.05) is 18.0 Å². The van der Waals surface area contributed by atoms with Gasteiger partial charge in [-0.15, -0.1) is 0 Å². The largest absolute Gasteiger partial charge is 0.496 e. The van der Waals surface area contributed by atoms with Gasteiger partial charge in [-0.05, 0) is 79.4 Å². The molecule has 0 aromatic heterocycles. The number of benzene rings is 1. The van der Waals surface area contributed by atoms with Gasteiger partial charge in [0.2, 0.25) is 0 Å². The van der Waals surface area contributed by atoms with Gasteiger partial charge in [0.15, 0.2) is 0 Å². The van der Waals surface area contributed by atoms with Crippen LogP contribution in [0, 0.1) is 23.2 Å². The summed E-state index contributed by atoms with van der Waals surface area (Å²) in [6.45, 7) is 1.20. The molecule has 0 saturated heterocycles. The third kappa shape index (κ3) is 4.07. The number of methoxy groups -OCH3 is 2. The van der Waals surface area contributed by atoms with Crippen LogP contribution < -0.4 is 10.1 Å². The molecule has 4 saturated carbocycles. The van der Waals surface area contributed by atoms with E-state index in [0.29, 0.717) is 23.3 Å². The van der Waals surface area contributed by atoms with E-state index >= 15 is 0 Å². The van der Waals surface area contributed by atoms with Gasteiger partial charge in [-0.1, -0.05) is 6.07 Å². The standard InChI is InChI=1S/C23H32N2O4/c1-25(14-23-10-16-6-17(11-23)8-18(7-16)12-23)22(27)24-13-15-4-5-20(28-2)19(9-15)21(26)29-3/h4-5,9,16-18H,6-8,10-14H2,1-3H3,(H,24,27). The van der Waals surface area contributed by atoms with Crippen LogP contribution in [0.3, 0.4) is 0 Å². The van der Waals surface area contributed by atoms with Gasteiger partial charge in [-0.25, -0.2) is 9.59 Å². The number of carbonyl (C=O) groups excluding carboxylic acids is 2. The van der Waals surface area contributed by atoms with Gasteiger partial charge < -0.3 is 19.7 Å². The summed E-state index contributed by atoms with van der Waals surface area (Å²) in [6, 6.07) is 5.23. The fourth-order valence-corrected chi connectivity index (χ4v) is 6.51. The SMILES string of the molecule is COC(=O)c1cc(CNC(=O)N(C)CC23CC4CC(CC(C4)C2)C3)ccc1OC. The Kier molecular flexibility index (Phi) is 5.45. The first kappa shape index (κ1) is 20.0. The number of ether oxygens (including phenoxy) is 2. The molecular weight excluding hydrogens is 368 g/mol. The Morgan fingerprint density at radius 1 is 1.10 bits per heavy atom. The number of esters is 1. The van der Waals surface area contributed by atoms with Crippen molar-refractivity contribution in [1.82, 2.24) is 10.2 Å². The van der Waals surface area contributed by atoms with E-state index in [2.05, 4.69) is 5.32 Å². The summed E-state index contributed by atoms with van der Waals surface area (Å²) < 4.78 is 10.0. The Hall–Kier alpha value is -2.24. The number of hydrogen-bond acceptors (Lipinski definition) is 4. The molecule has 4 aliphatic carbocycles. The van der Waals surface area contributed by atoms with Crippen LogP contribution in [0.4, 0.5) is 4.79 Å². The monoisotopic (exact) mass is 400 g/mol. The second-order valence-corrected chi connectivity index (χ2v) is 9.46. The number of nitrogens with zero attached hydrogens (tertiary/aromatic N) is 1. The van der Waals surface area contributed by atoms with Crippen molar-refractivity contribution in [1.29, 1.82) is 0 Å². The Bertz CT molecular complexity index is 756. The zero-order valence-corrected chi connectivity index (χ0v) is 17.7. The van der Waals surface area contributed by atoms with Crippen molar-refractivity contribution in [2.45, 2.75) is 45.1 Å². The van der Waals surface area contributed by atoms with Gasteiger partial charge in [-0.3, -0.25) is 0 Å². The molecule has 4 fully saturated rings. The maximum atomic E-state index is 12.7. The number of rotatable bonds is 6. The molecule has 0 unspecified atom stereocenters. The maximum absolute atomic E-state index is 12.7. The first-order valence-electron chi connectivity index (χ1n) is 10.7. The molecule has 1 aromatic carbocycles. The third-order valence-corrected chi connectivity index (χ3v) is 7.20. The molecule has 0 spiro atoms. The van der Waals surface area contributed by atoms with Crippen LogP contribution in [0.15, 0.2) is 18.2 Å². The summed E-state index contributed by atoms with van der Waals surface area (Å²) in [4.78, 5) is 26.5. The van der Waals surface area contributed by atoms with Crippen molar-refractivity contribution in [3.8, 4) is 5.75 Å². The summed E-state index contributed by atoms with van der Waals surface area (Å²) in [6.07, 6.45) is 8.10. The highest BCUT2D eigenvalue weighted by Crippen LogP contribution is 2.60. The van der Waals surface area contributed by atoms with Crippen molar-refractivity contribution >= 4 is 12.0 Å². The number of carbonyl (C=O) groups is 2. The molecule has 29 heavy (non-hydrogen) atoms. The molecule has 0 heterocycles. The van der Waals surface area contributed by atoms with E-state index < -0.39 is 5.97 Å². The van der Waals surface area contributed by atoms with E-state index in [9.17, 15) is 9.59 Å². The Morgan fingerprint density at radius 3 is 2.28 bits per heavy atom. The quantitative estimate of drug-likeness (QED) is 0.737. The van der Waals surface area contributed by atoms with E-state index in [-0.39, 0.29) is 6.03 Å². The minimum atomic E-state index is -0.450. The van der Waals surface area contributed by atoms with Gasteiger partial charge in [0, 0.05) is 20.1 Å². The van der Waals surface area contributed by atoms with Crippen molar-refractivity contribution in [2.75, 3.05) is 27.8 Å². The van der Waals surface area contributed by atoms with Crippen molar-refractivity contribution in [2.24, 2.45) is 23.2 Å². The molecule has 6 heteroatoms. The van der Waals surface area contributed by atoms with Crippen LogP contribution in [0.5, 0.6) is 5.75 Å². The lowest BCUT2D eigenvalue weighted by molar-refractivity contribution is -0.0616. The normalized spacial score (nSPS) is 29.4. The second kappa shape index (κ2) is 7.88. The molecule has 2 amide bonds. The van der Waals surface area contributed by atoms with Crippen LogP contribution in [-0.2, 0) is 11.3 Å². The van der Waals surface area contributed by atoms with Crippen molar-refractivity contribution < 1.29 is 19.1 Å². The Labute approximate surface area is 172 Å². The lowest BCUT2D eigenvalue weighted by Crippen LogP contribution is -2.52. The number of amides is 2. The first-order chi connectivity index (χ1) is 13.9. The lowest BCUT2D eigenvalue weighted by atomic mass is 9.49.